The Bertz CT molecular complexity index is 463. The van der Waals surface area contributed by atoms with Crippen molar-refractivity contribution < 1.29 is 0 Å². The Morgan fingerprint density at radius 3 is 2.90 bits per heavy atom. The van der Waals surface area contributed by atoms with Crippen molar-refractivity contribution in [1.82, 2.24) is 4.90 Å². The van der Waals surface area contributed by atoms with Crippen molar-refractivity contribution in [3.05, 3.63) is 28.2 Å². The molecule has 4 heteroatoms. The van der Waals surface area contributed by atoms with Crippen molar-refractivity contribution in [1.29, 1.82) is 0 Å². The van der Waals surface area contributed by atoms with Gasteiger partial charge in [-0.3, -0.25) is 4.90 Å². The van der Waals surface area contributed by atoms with Gasteiger partial charge in [0, 0.05) is 35.8 Å². The first-order valence-electron chi connectivity index (χ1n) is 7.75. The molecule has 1 atom stereocenters. The van der Waals surface area contributed by atoms with Crippen molar-refractivity contribution in [2.45, 2.75) is 31.7 Å². The number of fused-ring (bicyclic) bond motifs is 1. The van der Waals surface area contributed by atoms with Gasteiger partial charge in [0.1, 0.15) is 0 Å². The zero-order chi connectivity index (χ0) is 13.9. The van der Waals surface area contributed by atoms with Gasteiger partial charge in [0.25, 0.3) is 0 Å². The fraction of sp³-hybridized carbons (Fsp3) is 0.625. The first-order valence-corrected chi connectivity index (χ1v) is 8.55. The second kappa shape index (κ2) is 6.46. The minimum Gasteiger partial charge on any atom is -0.370 e. The lowest BCUT2D eigenvalue weighted by Gasteiger charge is -2.29. The Labute approximate surface area is 130 Å². The molecule has 0 spiro atoms. The van der Waals surface area contributed by atoms with Crippen LogP contribution in [0.4, 0.5) is 5.69 Å². The van der Waals surface area contributed by atoms with Crippen LogP contribution in [0, 0.1) is 0 Å². The van der Waals surface area contributed by atoms with Crippen LogP contribution in [-0.4, -0.2) is 43.7 Å². The third-order valence-electron chi connectivity index (χ3n) is 4.60. The van der Waals surface area contributed by atoms with Crippen LogP contribution in [0.3, 0.4) is 0 Å². The predicted molar refractivity (Wildman–Crippen MR) is 88.3 cm³/mol. The molecule has 1 unspecified atom stereocenters. The molecule has 0 aromatic heterocycles. The summed E-state index contributed by atoms with van der Waals surface area (Å²) in [5.74, 6) is 0. The average molecular weight is 338 g/mol. The highest BCUT2D eigenvalue weighted by Crippen LogP contribution is 2.29. The Morgan fingerprint density at radius 2 is 2.05 bits per heavy atom. The van der Waals surface area contributed by atoms with Crippen molar-refractivity contribution >= 4 is 21.6 Å². The number of nitrogens with zero attached hydrogens (tertiary/aromatic N) is 2. The number of nitrogens with two attached hydrogens (primary N) is 1. The number of benzene rings is 1. The van der Waals surface area contributed by atoms with Crippen LogP contribution >= 0.6 is 15.9 Å². The monoisotopic (exact) mass is 337 g/mol. The van der Waals surface area contributed by atoms with E-state index in [1.165, 1.54) is 56.7 Å². The smallest absolute Gasteiger partial charge is 0.0400 e. The van der Waals surface area contributed by atoms with E-state index in [4.69, 9.17) is 5.73 Å². The van der Waals surface area contributed by atoms with Gasteiger partial charge in [0.05, 0.1) is 0 Å². The fourth-order valence-corrected chi connectivity index (χ4v) is 4.05. The first kappa shape index (κ1) is 14.4. The molecule has 2 aliphatic heterocycles. The molecule has 3 rings (SSSR count). The molecule has 2 fully saturated rings. The van der Waals surface area contributed by atoms with Crippen molar-refractivity contribution in [2.24, 2.45) is 5.73 Å². The van der Waals surface area contributed by atoms with Crippen molar-refractivity contribution in [3.63, 3.8) is 0 Å². The highest BCUT2D eigenvalue weighted by atomic mass is 79.9. The molecule has 0 saturated carbocycles. The summed E-state index contributed by atoms with van der Waals surface area (Å²) in [4.78, 5) is 5.27. The standard InChI is InChI=1S/C16H24BrN3/c17-14-4-5-16(13(11-14)6-7-18)20-10-2-9-19-8-1-3-15(19)12-20/h4-5,11,15H,1-3,6-10,12,18H2. The van der Waals surface area contributed by atoms with Crippen LogP contribution in [0.2, 0.25) is 0 Å². The summed E-state index contributed by atoms with van der Waals surface area (Å²) in [5, 5.41) is 0. The summed E-state index contributed by atoms with van der Waals surface area (Å²) in [6.07, 6.45) is 4.96. The van der Waals surface area contributed by atoms with E-state index in [-0.39, 0.29) is 0 Å². The Morgan fingerprint density at radius 1 is 1.20 bits per heavy atom. The molecule has 3 nitrogen and oxygen atoms in total. The summed E-state index contributed by atoms with van der Waals surface area (Å²) >= 11 is 3.58. The summed E-state index contributed by atoms with van der Waals surface area (Å²) in [7, 11) is 0. The lowest BCUT2D eigenvalue weighted by Crippen LogP contribution is -2.37. The molecule has 110 valence electrons. The normalized spacial score (nSPS) is 23.7. The maximum atomic E-state index is 5.78. The van der Waals surface area contributed by atoms with Crippen LogP contribution in [0.5, 0.6) is 0 Å². The number of anilines is 1. The van der Waals surface area contributed by atoms with E-state index in [9.17, 15) is 0 Å². The maximum Gasteiger partial charge on any atom is 0.0400 e. The molecule has 0 amide bonds. The molecule has 0 radical (unpaired) electrons. The Hall–Kier alpha value is -0.580. The van der Waals surface area contributed by atoms with Crippen LogP contribution in [0.15, 0.2) is 22.7 Å². The number of hydrogen-bond donors (Lipinski definition) is 1. The van der Waals surface area contributed by atoms with Crippen LogP contribution in [-0.2, 0) is 6.42 Å². The molecule has 1 aromatic carbocycles. The number of halogens is 1. The summed E-state index contributed by atoms with van der Waals surface area (Å²) in [6.45, 7) is 5.64. The van der Waals surface area contributed by atoms with E-state index in [0.717, 1.165) is 16.9 Å². The second-order valence-corrected chi connectivity index (χ2v) is 6.86. The van der Waals surface area contributed by atoms with Gasteiger partial charge in [0.15, 0.2) is 0 Å². The molecule has 0 aliphatic carbocycles. The van der Waals surface area contributed by atoms with Gasteiger partial charge in [-0.2, -0.15) is 0 Å². The second-order valence-electron chi connectivity index (χ2n) is 5.94. The molecule has 2 saturated heterocycles. The van der Waals surface area contributed by atoms with Crippen molar-refractivity contribution in [3.8, 4) is 0 Å². The zero-order valence-corrected chi connectivity index (χ0v) is 13.6. The largest absolute Gasteiger partial charge is 0.370 e. The molecule has 2 heterocycles. The topological polar surface area (TPSA) is 32.5 Å². The minimum absolute atomic E-state index is 0.715. The number of rotatable bonds is 3. The van der Waals surface area contributed by atoms with Crippen LogP contribution < -0.4 is 10.6 Å². The van der Waals surface area contributed by atoms with E-state index in [1.807, 2.05) is 0 Å². The predicted octanol–water partition coefficient (Wildman–Crippen LogP) is 2.62. The highest BCUT2D eigenvalue weighted by Gasteiger charge is 2.29. The molecule has 0 bridgehead atoms. The third kappa shape index (κ3) is 3.02. The van der Waals surface area contributed by atoms with Gasteiger partial charge in [-0.05, 0) is 62.5 Å². The van der Waals surface area contributed by atoms with Gasteiger partial charge >= 0.3 is 0 Å². The quantitative estimate of drug-likeness (QED) is 0.920. The van der Waals surface area contributed by atoms with E-state index in [1.54, 1.807) is 0 Å². The molecule has 20 heavy (non-hydrogen) atoms. The van der Waals surface area contributed by atoms with Gasteiger partial charge in [0.2, 0.25) is 0 Å². The summed E-state index contributed by atoms with van der Waals surface area (Å²) < 4.78 is 1.15. The lowest BCUT2D eigenvalue weighted by atomic mass is 10.1. The van der Waals surface area contributed by atoms with E-state index in [0.29, 0.717) is 6.54 Å². The highest BCUT2D eigenvalue weighted by molar-refractivity contribution is 9.10. The van der Waals surface area contributed by atoms with Crippen molar-refractivity contribution in [2.75, 3.05) is 37.6 Å². The van der Waals surface area contributed by atoms with Gasteiger partial charge < -0.3 is 10.6 Å². The van der Waals surface area contributed by atoms with Gasteiger partial charge in [-0.25, -0.2) is 0 Å². The fourth-order valence-electron chi connectivity index (χ4n) is 3.64. The summed E-state index contributed by atoms with van der Waals surface area (Å²) in [5.41, 5.74) is 8.56. The average Bonchev–Trinajstić information content (AvgIpc) is 2.77. The van der Waals surface area contributed by atoms with E-state index in [2.05, 4.69) is 43.9 Å². The Kier molecular flexibility index (Phi) is 4.64. The van der Waals surface area contributed by atoms with E-state index < -0.39 is 0 Å². The summed E-state index contributed by atoms with van der Waals surface area (Å²) in [6, 6.07) is 7.41. The van der Waals surface area contributed by atoms with Gasteiger partial charge in [-0.1, -0.05) is 15.9 Å². The maximum absolute atomic E-state index is 5.78. The lowest BCUT2D eigenvalue weighted by molar-refractivity contribution is 0.273. The molecule has 2 N–H and O–H groups in total. The SMILES string of the molecule is NCCc1cc(Br)ccc1N1CCCN2CCCC2C1. The number of hydrogen-bond acceptors (Lipinski definition) is 3. The molecular formula is C16H24BrN3. The molecule has 1 aromatic rings. The van der Waals surface area contributed by atoms with E-state index >= 15 is 0 Å². The molecule has 2 aliphatic rings. The third-order valence-corrected chi connectivity index (χ3v) is 5.09. The first-order chi connectivity index (χ1) is 9.78. The zero-order valence-electron chi connectivity index (χ0n) is 12.0. The van der Waals surface area contributed by atoms with Crippen LogP contribution in [0.25, 0.3) is 0 Å². The minimum atomic E-state index is 0.715. The van der Waals surface area contributed by atoms with Gasteiger partial charge in [-0.15, -0.1) is 0 Å². The molecular weight excluding hydrogens is 314 g/mol. The Balaban J connectivity index is 1.83. The van der Waals surface area contributed by atoms with Crippen LogP contribution in [0.1, 0.15) is 24.8 Å².